The lowest BCUT2D eigenvalue weighted by molar-refractivity contribution is -0.118. The van der Waals surface area contributed by atoms with Gasteiger partial charge >= 0.3 is 0 Å². The van der Waals surface area contributed by atoms with Crippen LogP contribution in [0.15, 0.2) is 46.9 Å². The summed E-state index contributed by atoms with van der Waals surface area (Å²) in [7, 11) is 1.63. The van der Waals surface area contributed by atoms with E-state index in [1.54, 1.807) is 31.4 Å². The lowest BCUT2D eigenvalue weighted by Crippen LogP contribution is -2.25. The first kappa shape index (κ1) is 22.9. The Kier molecular flexibility index (Phi) is 9.15. The minimum absolute atomic E-state index is 0.0942. The van der Waals surface area contributed by atoms with Gasteiger partial charge in [-0.1, -0.05) is 29.8 Å². The van der Waals surface area contributed by atoms with Crippen LogP contribution in [0.25, 0.3) is 0 Å². The van der Waals surface area contributed by atoms with Crippen LogP contribution in [0.1, 0.15) is 42.1 Å². The van der Waals surface area contributed by atoms with Crippen molar-refractivity contribution in [2.75, 3.05) is 32.2 Å². The zero-order chi connectivity index (χ0) is 21.2. The van der Waals surface area contributed by atoms with Crippen molar-refractivity contribution in [1.29, 1.82) is 0 Å². The van der Waals surface area contributed by atoms with E-state index in [1.165, 1.54) is 0 Å². The molecular weight excluding hydrogens is 436 g/mol. The van der Waals surface area contributed by atoms with Crippen molar-refractivity contribution >= 4 is 33.4 Å². The van der Waals surface area contributed by atoms with E-state index in [1.807, 2.05) is 18.2 Å². The van der Waals surface area contributed by atoms with Gasteiger partial charge in [-0.2, -0.15) is 0 Å². The van der Waals surface area contributed by atoms with Crippen LogP contribution in [0.3, 0.4) is 0 Å². The fraction of sp³-hybridized carbons (Fsp3) is 0.364. The Hall–Kier alpha value is -2.38. The molecule has 0 unspecified atom stereocenters. The van der Waals surface area contributed by atoms with E-state index in [0.29, 0.717) is 30.2 Å². The summed E-state index contributed by atoms with van der Waals surface area (Å²) in [5.74, 6) is 0.552. The second kappa shape index (κ2) is 11.6. The Morgan fingerprint density at radius 1 is 1.10 bits per heavy atom. The minimum atomic E-state index is -0.264. The van der Waals surface area contributed by atoms with Gasteiger partial charge in [0.1, 0.15) is 5.75 Å². The van der Waals surface area contributed by atoms with Crippen LogP contribution < -0.4 is 15.4 Å². The second-order valence-corrected chi connectivity index (χ2v) is 7.77. The maximum atomic E-state index is 12.2. The van der Waals surface area contributed by atoms with Crippen molar-refractivity contribution < 1.29 is 19.1 Å². The quantitative estimate of drug-likeness (QED) is 0.514. The van der Waals surface area contributed by atoms with Gasteiger partial charge in [0.15, 0.2) is 6.61 Å². The molecule has 0 fully saturated rings. The largest absolute Gasteiger partial charge is 0.483 e. The zero-order valence-electron chi connectivity index (χ0n) is 17.0. The molecule has 0 radical (unpaired) electrons. The number of hydrogen-bond donors (Lipinski definition) is 2. The predicted octanol–water partition coefficient (Wildman–Crippen LogP) is 4.36. The summed E-state index contributed by atoms with van der Waals surface area (Å²) >= 11 is 3.46. The molecular formula is C22H27BrN2O4. The van der Waals surface area contributed by atoms with Crippen molar-refractivity contribution in [2.24, 2.45) is 0 Å². The van der Waals surface area contributed by atoms with E-state index in [2.05, 4.69) is 40.4 Å². The highest BCUT2D eigenvalue weighted by molar-refractivity contribution is 9.10. The lowest BCUT2D eigenvalue weighted by Gasteiger charge is -2.14. The third-order valence-corrected chi connectivity index (χ3v) is 4.69. The summed E-state index contributed by atoms with van der Waals surface area (Å²) in [6, 6.07) is 12.5. The van der Waals surface area contributed by atoms with E-state index in [9.17, 15) is 9.59 Å². The molecule has 156 valence electrons. The van der Waals surface area contributed by atoms with Gasteiger partial charge in [0.2, 0.25) is 0 Å². The highest BCUT2D eigenvalue weighted by Gasteiger charge is 2.11. The summed E-state index contributed by atoms with van der Waals surface area (Å²) in [5, 5.41) is 5.60. The molecule has 0 heterocycles. The Balaban J connectivity index is 1.86. The number of benzene rings is 2. The van der Waals surface area contributed by atoms with Crippen LogP contribution >= 0.6 is 15.9 Å². The van der Waals surface area contributed by atoms with Crippen molar-refractivity contribution in [3.05, 3.63) is 58.1 Å². The fourth-order valence-electron chi connectivity index (χ4n) is 2.67. The van der Waals surface area contributed by atoms with Gasteiger partial charge in [-0.3, -0.25) is 9.59 Å². The van der Waals surface area contributed by atoms with E-state index in [0.717, 1.165) is 16.5 Å². The minimum Gasteiger partial charge on any atom is -0.483 e. The van der Waals surface area contributed by atoms with Gasteiger partial charge in [0, 0.05) is 36.0 Å². The Morgan fingerprint density at radius 2 is 1.83 bits per heavy atom. The third-order valence-electron chi connectivity index (χ3n) is 4.19. The molecule has 0 aliphatic carbocycles. The van der Waals surface area contributed by atoms with Crippen molar-refractivity contribution in [3.8, 4) is 5.75 Å². The highest BCUT2D eigenvalue weighted by atomic mass is 79.9. The summed E-state index contributed by atoms with van der Waals surface area (Å²) in [6.45, 7) is 5.21. The number of ether oxygens (including phenoxy) is 2. The highest BCUT2D eigenvalue weighted by Crippen LogP contribution is 2.29. The van der Waals surface area contributed by atoms with E-state index >= 15 is 0 Å². The summed E-state index contributed by atoms with van der Waals surface area (Å²) in [5.41, 5.74) is 2.18. The molecule has 0 atom stereocenters. The smallest absolute Gasteiger partial charge is 0.262 e. The number of nitrogens with one attached hydrogen (secondary N) is 2. The van der Waals surface area contributed by atoms with Gasteiger partial charge in [-0.25, -0.2) is 0 Å². The first-order valence-electron chi connectivity index (χ1n) is 9.50. The Morgan fingerprint density at radius 3 is 2.48 bits per heavy atom. The number of methoxy groups -OCH3 is 1. The maximum absolute atomic E-state index is 12.2. The van der Waals surface area contributed by atoms with Crippen LogP contribution in [-0.4, -0.2) is 38.7 Å². The molecule has 0 aromatic heterocycles. The molecule has 2 aromatic carbocycles. The van der Waals surface area contributed by atoms with Crippen molar-refractivity contribution in [2.45, 2.75) is 26.2 Å². The average Bonchev–Trinajstić information content (AvgIpc) is 2.70. The van der Waals surface area contributed by atoms with Crippen LogP contribution in [0, 0.1) is 0 Å². The molecule has 0 saturated carbocycles. The predicted molar refractivity (Wildman–Crippen MR) is 118 cm³/mol. The fourth-order valence-corrected chi connectivity index (χ4v) is 3.05. The first-order valence-corrected chi connectivity index (χ1v) is 10.3. The molecule has 0 saturated heterocycles. The molecule has 0 aliphatic heterocycles. The summed E-state index contributed by atoms with van der Waals surface area (Å²) in [6.07, 6.45) is 0.757. The maximum Gasteiger partial charge on any atom is 0.262 e. The van der Waals surface area contributed by atoms with E-state index < -0.39 is 0 Å². The summed E-state index contributed by atoms with van der Waals surface area (Å²) in [4.78, 5) is 24.3. The second-order valence-electron chi connectivity index (χ2n) is 6.85. The first-order chi connectivity index (χ1) is 13.9. The molecule has 0 bridgehead atoms. The molecule has 7 heteroatoms. The van der Waals surface area contributed by atoms with Gasteiger partial charge in [-0.05, 0) is 60.4 Å². The molecule has 2 rings (SSSR count). The third kappa shape index (κ3) is 7.51. The van der Waals surface area contributed by atoms with Crippen LogP contribution in [0.2, 0.25) is 0 Å². The van der Waals surface area contributed by atoms with Crippen molar-refractivity contribution in [3.63, 3.8) is 0 Å². The monoisotopic (exact) mass is 462 g/mol. The number of carbonyl (C=O) groups excluding carboxylic acids is 2. The number of anilines is 1. The molecule has 0 aliphatic rings. The van der Waals surface area contributed by atoms with Gasteiger partial charge in [-0.15, -0.1) is 0 Å². The summed E-state index contributed by atoms with van der Waals surface area (Å²) < 4.78 is 11.6. The Bertz CT molecular complexity index is 822. The number of amides is 2. The number of hydrogen-bond acceptors (Lipinski definition) is 4. The number of carbonyl (C=O) groups is 2. The Labute approximate surface area is 180 Å². The van der Waals surface area contributed by atoms with Crippen LogP contribution in [0.5, 0.6) is 5.75 Å². The van der Waals surface area contributed by atoms with Crippen molar-refractivity contribution in [1.82, 2.24) is 5.32 Å². The lowest BCUT2D eigenvalue weighted by atomic mass is 10.0. The molecule has 2 amide bonds. The number of halogens is 1. The van der Waals surface area contributed by atoms with Gasteiger partial charge in [0.25, 0.3) is 11.8 Å². The molecule has 6 nitrogen and oxygen atoms in total. The average molecular weight is 463 g/mol. The zero-order valence-corrected chi connectivity index (χ0v) is 18.5. The molecule has 2 aromatic rings. The van der Waals surface area contributed by atoms with Crippen LogP contribution in [0.4, 0.5) is 5.69 Å². The normalized spacial score (nSPS) is 10.7. The van der Waals surface area contributed by atoms with Gasteiger partial charge in [0.05, 0.1) is 0 Å². The van der Waals surface area contributed by atoms with E-state index in [4.69, 9.17) is 9.47 Å². The SMILES string of the molecule is COCCCNC(=O)c1ccc(NC(=O)COc2ccc(Br)cc2C(C)C)cc1. The number of rotatable bonds is 10. The molecule has 2 N–H and O–H groups in total. The molecule has 0 spiro atoms. The van der Waals surface area contributed by atoms with Gasteiger partial charge < -0.3 is 20.1 Å². The topological polar surface area (TPSA) is 76.7 Å². The molecule has 29 heavy (non-hydrogen) atoms. The van der Waals surface area contributed by atoms with E-state index in [-0.39, 0.29) is 24.3 Å². The standard InChI is InChI=1S/C22H27BrN2O4/c1-15(2)19-13-17(23)7-10-20(19)29-14-21(26)25-18-8-5-16(6-9-18)22(27)24-11-4-12-28-3/h5-10,13,15H,4,11-12,14H2,1-3H3,(H,24,27)(H,25,26). The van der Waals surface area contributed by atoms with Crippen LogP contribution in [-0.2, 0) is 9.53 Å².